The van der Waals surface area contributed by atoms with Gasteiger partial charge in [-0.1, -0.05) is 30.3 Å². The predicted molar refractivity (Wildman–Crippen MR) is 73.8 cm³/mol. The summed E-state index contributed by atoms with van der Waals surface area (Å²) >= 11 is 0. The van der Waals surface area contributed by atoms with Gasteiger partial charge in [-0.25, -0.2) is 4.98 Å². The molecule has 1 atom stereocenters. The summed E-state index contributed by atoms with van der Waals surface area (Å²) in [6, 6.07) is 10.4. The van der Waals surface area contributed by atoms with Gasteiger partial charge in [-0.05, 0) is 18.4 Å². The Labute approximate surface area is 113 Å². The lowest BCUT2D eigenvalue weighted by Gasteiger charge is -2.11. The molecule has 0 aliphatic carbocycles. The van der Waals surface area contributed by atoms with Gasteiger partial charge in [-0.3, -0.25) is 0 Å². The van der Waals surface area contributed by atoms with Crippen molar-refractivity contribution in [3.63, 3.8) is 0 Å². The lowest BCUT2D eigenvalue weighted by molar-refractivity contribution is 0.0805. The van der Waals surface area contributed by atoms with E-state index in [0.29, 0.717) is 6.54 Å². The van der Waals surface area contributed by atoms with E-state index in [0.717, 1.165) is 25.1 Å². The van der Waals surface area contributed by atoms with Crippen LogP contribution in [0.5, 0.6) is 0 Å². The van der Waals surface area contributed by atoms with Crippen LogP contribution in [0.25, 0.3) is 0 Å². The van der Waals surface area contributed by atoms with Crippen molar-refractivity contribution in [1.29, 1.82) is 0 Å². The summed E-state index contributed by atoms with van der Waals surface area (Å²) in [5, 5.41) is 18.3. The topological polar surface area (TPSA) is 58.3 Å². The number of aryl methyl sites for hydroxylation is 2. The van der Waals surface area contributed by atoms with Crippen molar-refractivity contribution in [2.24, 2.45) is 0 Å². The van der Waals surface area contributed by atoms with Crippen LogP contribution in [0.15, 0.2) is 42.7 Å². The Hall–Kier alpha value is -1.65. The molecule has 0 spiro atoms. The van der Waals surface area contributed by atoms with Crippen molar-refractivity contribution in [3.05, 3.63) is 54.1 Å². The molecule has 19 heavy (non-hydrogen) atoms. The standard InChI is InChI=1S/C15H20N2O2/c18-12-14(19)11-17-10-9-16-15(17)8-4-7-13-5-2-1-3-6-13/h1-3,5-6,9-10,14,18-19H,4,7-8,11-12H2. The molecule has 1 heterocycles. The van der Waals surface area contributed by atoms with E-state index in [4.69, 9.17) is 5.11 Å². The summed E-state index contributed by atoms with van der Waals surface area (Å²) in [5.41, 5.74) is 1.33. The maximum atomic E-state index is 9.46. The maximum absolute atomic E-state index is 9.46. The van der Waals surface area contributed by atoms with Gasteiger partial charge in [0, 0.05) is 18.8 Å². The van der Waals surface area contributed by atoms with Gasteiger partial charge < -0.3 is 14.8 Å². The number of imidazole rings is 1. The molecule has 4 nitrogen and oxygen atoms in total. The minimum Gasteiger partial charge on any atom is -0.394 e. The smallest absolute Gasteiger partial charge is 0.108 e. The van der Waals surface area contributed by atoms with Crippen molar-refractivity contribution in [3.8, 4) is 0 Å². The van der Waals surface area contributed by atoms with Gasteiger partial charge in [0.05, 0.1) is 19.3 Å². The molecule has 0 fully saturated rings. The first-order valence-electron chi connectivity index (χ1n) is 6.62. The Morgan fingerprint density at radius 1 is 1.16 bits per heavy atom. The monoisotopic (exact) mass is 260 g/mol. The minimum absolute atomic E-state index is 0.221. The van der Waals surface area contributed by atoms with Gasteiger partial charge in [-0.15, -0.1) is 0 Å². The number of nitrogens with zero attached hydrogens (tertiary/aromatic N) is 2. The average Bonchev–Trinajstić information content (AvgIpc) is 2.87. The van der Waals surface area contributed by atoms with Crippen LogP contribution >= 0.6 is 0 Å². The van der Waals surface area contributed by atoms with Crippen LogP contribution in [0.3, 0.4) is 0 Å². The molecule has 0 saturated carbocycles. The van der Waals surface area contributed by atoms with Gasteiger partial charge in [-0.2, -0.15) is 0 Å². The molecular weight excluding hydrogens is 240 g/mol. The highest BCUT2D eigenvalue weighted by Gasteiger charge is 2.07. The van der Waals surface area contributed by atoms with Crippen LogP contribution in [0.1, 0.15) is 17.8 Å². The summed E-state index contributed by atoms with van der Waals surface area (Å²) < 4.78 is 1.91. The Morgan fingerprint density at radius 3 is 2.68 bits per heavy atom. The summed E-state index contributed by atoms with van der Waals surface area (Å²) in [6.07, 6.45) is 5.78. The number of benzene rings is 1. The van der Waals surface area contributed by atoms with E-state index < -0.39 is 6.10 Å². The molecule has 0 aliphatic heterocycles. The molecule has 2 N–H and O–H groups in total. The molecule has 0 radical (unpaired) electrons. The molecule has 0 amide bonds. The fourth-order valence-electron chi connectivity index (χ4n) is 2.11. The zero-order valence-corrected chi connectivity index (χ0v) is 10.9. The highest BCUT2D eigenvalue weighted by molar-refractivity contribution is 5.14. The third kappa shape index (κ3) is 4.19. The van der Waals surface area contributed by atoms with Crippen LogP contribution in [0, 0.1) is 0 Å². The molecule has 1 aromatic heterocycles. The SMILES string of the molecule is OCC(O)Cn1ccnc1CCCc1ccccc1. The molecule has 1 aromatic carbocycles. The molecule has 2 rings (SSSR count). The third-order valence-electron chi connectivity index (χ3n) is 3.13. The molecule has 1 unspecified atom stereocenters. The number of hydrogen-bond acceptors (Lipinski definition) is 3. The molecule has 0 aliphatic rings. The second-order valence-corrected chi connectivity index (χ2v) is 4.67. The van der Waals surface area contributed by atoms with Crippen LogP contribution < -0.4 is 0 Å². The Kier molecular flexibility index (Phi) is 5.12. The van der Waals surface area contributed by atoms with E-state index >= 15 is 0 Å². The van der Waals surface area contributed by atoms with Crippen LogP contribution in [-0.4, -0.2) is 32.5 Å². The molecular formula is C15H20N2O2. The molecule has 102 valence electrons. The minimum atomic E-state index is -0.720. The summed E-state index contributed by atoms with van der Waals surface area (Å²) in [5.74, 6) is 0.962. The molecule has 0 bridgehead atoms. The fourth-order valence-corrected chi connectivity index (χ4v) is 2.11. The second-order valence-electron chi connectivity index (χ2n) is 4.67. The van der Waals surface area contributed by atoms with E-state index in [2.05, 4.69) is 17.1 Å². The number of aromatic nitrogens is 2. The van der Waals surface area contributed by atoms with Crippen molar-refractivity contribution in [1.82, 2.24) is 9.55 Å². The zero-order chi connectivity index (χ0) is 13.5. The first-order chi connectivity index (χ1) is 9.29. The molecule has 4 heteroatoms. The quantitative estimate of drug-likeness (QED) is 0.791. The summed E-state index contributed by atoms with van der Waals surface area (Å²) in [7, 11) is 0. The Balaban J connectivity index is 1.84. The first-order valence-corrected chi connectivity index (χ1v) is 6.62. The van der Waals surface area contributed by atoms with Gasteiger partial charge in [0.15, 0.2) is 0 Å². The molecule has 2 aromatic rings. The first kappa shape index (κ1) is 13.8. The summed E-state index contributed by atoms with van der Waals surface area (Å²) in [4.78, 5) is 4.30. The van der Waals surface area contributed by atoms with Gasteiger partial charge >= 0.3 is 0 Å². The van der Waals surface area contributed by atoms with Crippen molar-refractivity contribution < 1.29 is 10.2 Å². The molecule has 0 saturated heterocycles. The normalized spacial score (nSPS) is 12.5. The highest BCUT2D eigenvalue weighted by Crippen LogP contribution is 2.08. The second kappa shape index (κ2) is 7.07. The lowest BCUT2D eigenvalue weighted by Crippen LogP contribution is -2.20. The fraction of sp³-hybridized carbons (Fsp3) is 0.400. The van der Waals surface area contributed by atoms with E-state index in [1.165, 1.54) is 5.56 Å². The van der Waals surface area contributed by atoms with Crippen LogP contribution in [0.2, 0.25) is 0 Å². The lowest BCUT2D eigenvalue weighted by atomic mass is 10.1. The van der Waals surface area contributed by atoms with Gasteiger partial charge in [0.25, 0.3) is 0 Å². The number of rotatable bonds is 7. The van der Waals surface area contributed by atoms with Crippen LogP contribution in [0.4, 0.5) is 0 Å². The van der Waals surface area contributed by atoms with E-state index in [9.17, 15) is 5.11 Å². The number of aliphatic hydroxyl groups is 2. The maximum Gasteiger partial charge on any atom is 0.108 e. The Morgan fingerprint density at radius 2 is 1.95 bits per heavy atom. The predicted octanol–water partition coefficient (Wildman–Crippen LogP) is 1.41. The largest absolute Gasteiger partial charge is 0.394 e. The number of hydrogen-bond donors (Lipinski definition) is 2. The van der Waals surface area contributed by atoms with Gasteiger partial charge in [0.1, 0.15) is 5.82 Å². The van der Waals surface area contributed by atoms with E-state index in [1.807, 2.05) is 29.0 Å². The van der Waals surface area contributed by atoms with E-state index in [-0.39, 0.29) is 6.61 Å². The van der Waals surface area contributed by atoms with Crippen LogP contribution in [-0.2, 0) is 19.4 Å². The Bertz CT molecular complexity index is 482. The number of aliphatic hydroxyl groups excluding tert-OH is 2. The van der Waals surface area contributed by atoms with Crippen molar-refractivity contribution in [2.45, 2.75) is 31.9 Å². The van der Waals surface area contributed by atoms with Crippen molar-refractivity contribution >= 4 is 0 Å². The zero-order valence-electron chi connectivity index (χ0n) is 10.9. The highest BCUT2D eigenvalue weighted by atomic mass is 16.3. The van der Waals surface area contributed by atoms with E-state index in [1.54, 1.807) is 6.20 Å². The third-order valence-corrected chi connectivity index (χ3v) is 3.13. The average molecular weight is 260 g/mol. The summed E-state index contributed by atoms with van der Waals surface area (Å²) in [6.45, 7) is 0.179. The van der Waals surface area contributed by atoms with Crippen molar-refractivity contribution in [2.75, 3.05) is 6.61 Å². The van der Waals surface area contributed by atoms with Gasteiger partial charge in [0.2, 0.25) is 0 Å².